The number of hydrogen-bond donors (Lipinski definition) is 1. The molecule has 0 spiro atoms. The van der Waals surface area contributed by atoms with Crippen molar-refractivity contribution in [1.82, 2.24) is 15.2 Å². The lowest BCUT2D eigenvalue weighted by molar-refractivity contribution is 0.414. The van der Waals surface area contributed by atoms with Crippen LogP contribution in [0.15, 0.2) is 34.6 Å². The number of thiazole rings is 1. The molecule has 0 aliphatic heterocycles. The zero-order valence-electron chi connectivity index (χ0n) is 13.9. The Morgan fingerprint density at radius 2 is 2.04 bits per heavy atom. The van der Waals surface area contributed by atoms with Crippen LogP contribution in [-0.2, 0) is 13.1 Å². The minimum atomic E-state index is 0. The highest BCUT2D eigenvalue weighted by atomic mass is 127. The van der Waals surface area contributed by atoms with Crippen LogP contribution in [0.4, 0.5) is 0 Å². The number of hydrogen-bond acceptors (Lipinski definition) is 4. The number of ether oxygens (including phenoxy) is 1. The Bertz CT molecular complexity index is 627. The Kier molecular flexibility index (Phi) is 8.32. The summed E-state index contributed by atoms with van der Waals surface area (Å²) in [6, 6.07) is 8.01. The number of benzene rings is 1. The number of rotatable bonds is 5. The molecular formula is C16H23IN4OS. The number of nitrogens with one attached hydrogen (secondary N) is 1. The van der Waals surface area contributed by atoms with Gasteiger partial charge in [0.05, 0.1) is 24.4 Å². The van der Waals surface area contributed by atoms with Crippen molar-refractivity contribution >= 4 is 41.3 Å². The van der Waals surface area contributed by atoms with Gasteiger partial charge in [-0.3, -0.25) is 4.99 Å². The molecule has 2 aromatic rings. The second kappa shape index (κ2) is 9.71. The number of guanidine groups is 1. The molecule has 23 heavy (non-hydrogen) atoms. The maximum atomic E-state index is 5.16. The lowest BCUT2D eigenvalue weighted by Gasteiger charge is -2.21. The van der Waals surface area contributed by atoms with Crippen LogP contribution in [0, 0.1) is 6.92 Å². The van der Waals surface area contributed by atoms with Crippen molar-refractivity contribution in [1.29, 1.82) is 0 Å². The monoisotopic (exact) mass is 446 g/mol. The van der Waals surface area contributed by atoms with E-state index < -0.39 is 0 Å². The molecule has 1 aromatic heterocycles. The molecule has 0 bridgehead atoms. The summed E-state index contributed by atoms with van der Waals surface area (Å²) in [5, 5.41) is 6.53. The molecule has 0 fully saturated rings. The number of nitrogens with zero attached hydrogens (tertiary/aromatic N) is 3. The van der Waals surface area contributed by atoms with E-state index in [-0.39, 0.29) is 24.0 Å². The van der Waals surface area contributed by atoms with Crippen molar-refractivity contribution in [2.24, 2.45) is 4.99 Å². The molecule has 0 saturated carbocycles. The maximum absolute atomic E-state index is 5.16. The first kappa shape index (κ1) is 19.7. The first-order chi connectivity index (χ1) is 10.6. The lowest BCUT2D eigenvalue weighted by atomic mass is 10.2. The Morgan fingerprint density at radius 1 is 1.35 bits per heavy atom. The summed E-state index contributed by atoms with van der Waals surface area (Å²) < 4.78 is 5.16. The molecule has 5 nitrogen and oxygen atoms in total. The molecule has 1 N–H and O–H groups in total. The van der Waals surface area contributed by atoms with E-state index in [1.165, 1.54) is 5.56 Å². The summed E-state index contributed by atoms with van der Waals surface area (Å²) in [7, 11) is 5.47. The first-order valence-electron chi connectivity index (χ1n) is 7.08. The van der Waals surface area contributed by atoms with Gasteiger partial charge in [0.25, 0.3) is 0 Å². The SMILES string of the molecule is CN=C(NCc1ccc(OC)cc1)N(C)Cc1csc(C)n1.I. The second-order valence-electron chi connectivity index (χ2n) is 4.96. The standard InChI is InChI=1S/C16H22N4OS.HI/c1-12-19-14(11-22-12)10-20(3)16(17-2)18-9-13-5-7-15(21-4)8-6-13;/h5-8,11H,9-10H2,1-4H3,(H,17,18);1H. The van der Waals surface area contributed by atoms with Crippen LogP contribution in [0.2, 0.25) is 0 Å². The highest BCUT2D eigenvalue weighted by molar-refractivity contribution is 14.0. The van der Waals surface area contributed by atoms with Gasteiger partial charge in [-0.15, -0.1) is 35.3 Å². The quantitative estimate of drug-likeness (QED) is 0.435. The van der Waals surface area contributed by atoms with Crippen molar-refractivity contribution in [3.8, 4) is 5.75 Å². The van der Waals surface area contributed by atoms with Gasteiger partial charge in [0.15, 0.2) is 5.96 Å². The van der Waals surface area contributed by atoms with Gasteiger partial charge in [-0.05, 0) is 24.6 Å². The number of aliphatic imine (C=N–C) groups is 1. The summed E-state index contributed by atoms with van der Waals surface area (Å²) in [6.45, 7) is 3.48. The van der Waals surface area contributed by atoms with Gasteiger partial charge in [0, 0.05) is 26.0 Å². The molecule has 0 radical (unpaired) electrons. The molecule has 0 aliphatic rings. The highest BCUT2D eigenvalue weighted by Gasteiger charge is 2.08. The molecule has 126 valence electrons. The van der Waals surface area contributed by atoms with Gasteiger partial charge in [0.1, 0.15) is 5.75 Å². The van der Waals surface area contributed by atoms with E-state index >= 15 is 0 Å². The molecule has 0 amide bonds. The van der Waals surface area contributed by atoms with Crippen molar-refractivity contribution in [3.05, 3.63) is 45.9 Å². The molecule has 0 aliphatic carbocycles. The van der Waals surface area contributed by atoms with Crippen molar-refractivity contribution in [3.63, 3.8) is 0 Å². The predicted octanol–water partition coefficient (Wildman–Crippen LogP) is 3.29. The fourth-order valence-electron chi connectivity index (χ4n) is 2.11. The van der Waals surface area contributed by atoms with Crippen molar-refractivity contribution in [2.75, 3.05) is 21.2 Å². The number of aromatic nitrogens is 1. The van der Waals surface area contributed by atoms with Crippen molar-refractivity contribution in [2.45, 2.75) is 20.0 Å². The molecule has 0 saturated heterocycles. The third-order valence-electron chi connectivity index (χ3n) is 3.25. The second-order valence-corrected chi connectivity index (χ2v) is 6.02. The molecule has 1 aromatic carbocycles. The summed E-state index contributed by atoms with van der Waals surface area (Å²) in [4.78, 5) is 10.9. The molecule has 0 unspecified atom stereocenters. The van der Waals surface area contributed by atoms with Crippen LogP contribution in [-0.4, -0.2) is 37.0 Å². The van der Waals surface area contributed by atoms with Crippen LogP contribution < -0.4 is 10.1 Å². The minimum absolute atomic E-state index is 0. The number of methoxy groups -OCH3 is 1. The van der Waals surface area contributed by atoms with E-state index in [4.69, 9.17) is 4.74 Å². The highest BCUT2D eigenvalue weighted by Crippen LogP contribution is 2.12. The third kappa shape index (κ3) is 5.98. The van der Waals surface area contributed by atoms with E-state index in [9.17, 15) is 0 Å². The molecule has 0 atom stereocenters. The van der Waals surface area contributed by atoms with Gasteiger partial charge in [-0.2, -0.15) is 0 Å². The Labute approximate surface area is 158 Å². The Morgan fingerprint density at radius 3 is 2.57 bits per heavy atom. The summed E-state index contributed by atoms with van der Waals surface area (Å²) in [6.07, 6.45) is 0. The predicted molar refractivity (Wildman–Crippen MR) is 107 cm³/mol. The van der Waals surface area contributed by atoms with E-state index in [1.807, 2.05) is 38.2 Å². The van der Waals surface area contributed by atoms with Gasteiger partial charge in [-0.1, -0.05) is 12.1 Å². The minimum Gasteiger partial charge on any atom is -0.497 e. The molecule has 1 heterocycles. The van der Waals surface area contributed by atoms with Crippen LogP contribution in [0.5, 0.6) is 5.75 Å². The first-order valence-corrected chi connectivity index (χ1v) is 7.96. The summed E-state index contributed by atoms with van der Waals surface area (Å²) in [5.41, 5.74) is 2.25. The van der Waals surface area contributed by atoms with Crippen LogP contribution in [0.1, 0.15) is 16.3 Å². The summed E-state index contributed by atoms with van der Waals surface area (Å²) in [5.74, 6) is 1.71. The smallest absolute Gasteiger partial charge is 0.194 e. The normalized spacial score (nSPS) is 10.9. The average Bonchev–Trinajstić information content (AvgIpc) is 2.93. The fourth-order valence-corrected chi connectivity index (χ4v) is 2.71. The van der Waals surface area contributed by atoms with Crippen LogP contribution >= 0.6 is 35.3 Å². The molecule has 2 rings (SSSR count). The topological polar surface area (TPSA) is 49.8 Å². The molecule has 7 heteroatoms. The van der Waals surface area contributed by atoms with E-state index in [0.29, 0.717) is 0 Å². The van der Waals surface area contributed by atoms with Gasteiger partial charge in [-0.25, -0.2) is 4.98 Å². The fraction of sp³-hybridized carbons (Fsp3) is 0.375. The summed E-state index contributed by atoms with van der Waals surface area (Å²) >= 11 is 1.67. The van der Waals surface area contributed by atoms with Crippen molar-refractivity contribution < 1.29 is 4.74 Å². The van der Waals surface area contributed by atoms with E-state index in [0.717, 1.165) is 35.5 Å². The Balaban J connectivity index is 0.00000264. The zero-order valence-corrected chi connectivity index (χ0v) is 17.0. The van der Waals surface area contributed by atoms with Gasteiger partial charge >= 0.3 is 0 Å². The maximum Gasteiger partial charge on any atom is 0.194 e. The lowest BCUT2D eigenvalue weighted by Crippen LogP contribution is -2.38. The number of aryl methyl sites for hydroxylation is 1. The largest absolute Gasteiger partial charge is 0.497 e. The Hall–Kier alpha value is -1.35. The van der Waals surface area contributed by atoms with Crippen LogP contribution in [0.3, 0.4) is 0 Å². The molecular weight excluding hydrogens is 423 g/mol. The van der Waals surface area contributed by atoms with Gasteiger partial charge in [0.2, 0.25) is 0 Å². The van der Waals surface area contributed by atoms with Crippen LogP contribution in [0.25, 0.3) is 0 Å². The third-order valence-corrected chi connectivity index (χ3v) is 4.07. The van der Waals surface area contributed by atoms with Gasteiger partial charge < -0.3 is 15.0 Å². The van der Waals surface area contributed by atoms with E-state index in [1.54, 1.807) is 25.5 Å². The van der Waals surface area contributed by atoms with E-state index in [2.05, 4.69) is 25.6 Å². The number of halogens is 1. The zero-order chi connectivity index (χ0) is 15.9. The average molecular weight is 446 g/mol.